The van der Waals surface area contributed by atoms with Gasteiger partial charge in [-0.15, -0.1) is 0 Å². The number of phenols is 1. The molecule has 0 unspecified atom stereocenters. The summed E-state index contributed by atoms with van der Waals surface area (Å²) in [4.78, 5) is 5.04. The van der Waals surface area contributed by atoms with Crippen LogP contribution in [0.15, 0.2) is 132 Å². The third-order valence-electron chi connectivity index (χ3n) is 7.77. The van der Waals surface area contributed by atoms with Crippen LogP contribution in [0.3, 0.4) is 0 Å². The molecular formula is C38H37NO. The molecule has 0 aliphatic carbocycles. The molecule has 0 fully saturated rings. The molecule has 0 amide bonds. The van der Waals surface area contributed by atoms with Crippen molar-refractivity contribution in [3.05, 3.63) is 166 Å². The Morgan fingerprint density at radius 3 is 1.40 bits per heavy atom. The van der Waals surface area contributed by atoms with Gasteiger partial charge in [-0.3, -0.25) is 4.99 Å². The van der Waals surface area contributed by atoms with Crippen LogP contribution in [0, 0.1) is 0 Å². The Morgan fingerprint density at radius 1 is 0.550 bits per heavy atom. The highest BCUT2D eigenvalue weighted by Gasteiger charge is 2.40. The van der Waals surface area contributed by atoms with Crippen molar-refractivity contribution in [2.45, 2.75) is 44.9 Å². The Balaban J connectivity index is 1.77. The van der Waals surface area contributed by atoms with Crippen LogP contribution < -0.4 is 0 Å². The summed E-state index contributed by atoms with van der Waals surface area (Å²) in [6.07, 6.45) is 1.83. The van der Waals surface area contributed by atoms with Crippen molar-refractivity contribution in [2.75, 3.05) is 0 Å². The molecule has 0 saturated carbocycles. The van der Waals surface area contributed by atoms with E-state index in [2.05, 4.69) is 119 Å². The number of hydrogen-bond acceptors (Lipinski definition) is 2. The highest BCUT2D eigenvalue weighted by Crippen LogP contribution is 2.48. The van der Waals surface area contributed by atoms with Crippen molar-refractivity contribution in [1.29, 1.82) is 0 Å². The molecule has 0 radical (unpaired) electrons. The van der Waals surface area contributed by atoms with Gasteiger partial charge in [0.15, 0.2) is 0 Å². The second-order valence-corrected chi connectivity index (χ2v) is 10.9. The van der Waals surface area contributed by atoms with Crippen molar-refractivity contribution >= 4 is 11.9 Å². The smallest absolute Gasteiger partial charge is 0.129 e. The lowest BCUT2D eigenvalue weighted by molar-refractivity contribution is 0.459. The van der Waals surface area contributed by atoms with Gasteiger partial charge in [-0.05, 0) is 45.7 Å². The molecule has 2 nitrogen and oxygen atoms in total. The highest BCUT2D eigenvalue weighted by atomic mass is 16.3. The Kier molecular flexibility index (Phi) is 7.98. The van der Waals surface area contributed by atoms with Crippen LogP contribution >= 0.6 is 0 Å². The quantitative estimate of drug-likeness (QED) is 0.159. The van der Waals surface area contributed by atoms with Gasteiger partial charge in [0, 0.05) is 17.3 Å². The maximum absolute atomic E-state index is 12.1. The summed E-state index contributed by atoms with van der Waals surface area (Å²) in [7, 11) is 0. The van der Waals surface area contributed by atoms with Crippen LogP contribution in [-0.4, -0.2) is 11.3 Å². The standard InChI is InChI=1S/C38H37NO/c1-27(2)33-23-15-24-34(28(3)4)36(33)39-26-29-16-14-25-35(37(29)40)38(30-17-8-5-9-18-30,31-19-10-6-11-20-31)32-21-12-7-13-22-32/h5-28,40H,1-4H3. The van der Waals surface area contributed by atoms with Crippen LogP contribution in [0.4, 0.5) is 5.69 Å². The third-order valence-corrected chi connectivity index (χ3v) is 7.77. The summed E-state index contributed by atoms with van der Waals surface area (Å²) < 4.78 is 0. The summed E-state index contributed by atoms with van der Waals surface area (Å²) in [5, 5.41) is 12.1. The second-order valence-electron chi connectivity index (χ2n) is 10.9. The minimum absolute atomic E-state index is 0.232. The first-order valence-electron chi connectivity index (χ1n) is 14.1. The van der Waals surface area contributed by atoms with Crippen molar-refractivity contribution in [2.24, 2.45) is 4.99 Å². The lowest BCUT2D eigenvalue weighted by Crippen LogP contribution is -2.31. The van der Waals surface area contributed by atoms with Crippen LogP contribution in [0.2, 0.25) is 0 Å². The number of nitrogens with zero attached hydrogens (tertiary/aromatic N) is 1. The molecule has 5 aromatic rings. The molecule has 2 heteroatoms. The van der Waals surface area contributed by atoms with E-state index in [9.17, 15) is 5.11 Å². The SMILES string of the molecule is CC(C)c1cccc(C(C)C)c1N=Cc1cccc(C(c2ccccc2)(c2ccccc2)c2ccccc2)c1O. The number of aromatic hydroxyl groups is 1. The molecule has 0 aromatic heterocycles. The van der Waals surface area contributed by atoms with Gasteiger partial charge in [0.25, 0.3) is 0 Å². The maximum atomic E-state index is 12.1. The molecule has 40 heavy (non-hydrogen) atoms. The van der Waals surface area contributed by atoms with Crippen molar-refractivity contribution in [3.8, 4) is 5.75 Å². The van der Waals surface area contributed by atoms with E-state index in [-0.39, 0.29) is 5.75 Å². The zero-order valence-corrected chi connectivity index (χ0v) is 23.8. The molecule has 0 aliphatic rings. The number of phenolic OH excluding ortho intramolecular Hbond substituents is 1. The van der Waals surface area contributed by atoms with Gasteiger partial charge >= 0.3 is 0 Å². The van der Waals surface area contributed by atoms with E-state index in [1.165, 1.54) is 11.1 Å². The van der Waals surface area contributed by atoms with E-state index in [4.69, 9.17) is 4.99 Å². The van der Waals surface area contributed by atoms with Crippen LogP contribution in [0.1, 0.15) is 78.5 Å². The fourth-order valence-electron chi connectivity index (χ4n) is 5.79. The van der Waals surface area contributed by atoms with Gasteiger partial charge in [0.2, 0.25) is 0 Å². The van der Waals surface area contributed by atoms with Crippen LogP contribution in [-0.2, 0) is 5.41 Å². The molecule has 0 atom stereocenters. The van der Waals surface area contributed by atoms with Gasteiger partial charge < -0.3 is 5.11 Å². The van der Waals surface area contributed by atoms with E-state index < -0.39 is 5.41 Å². The second kappa shape index (κ2) is 11.8. The maximum Gasteiger partial charge on any atom is 0.129 e. The first kappa shape index (κ1) is 27.1. The van der Waals surface area contributed by atoms with Crippen molar-refractivity contribution in [3.63, 3.8) is 0 Å². The van der Waals surface area contributed by atoms with Crippen LogP contribution in [0.5, 0.6) is 5.75 Å². The van der Waals surface area contributed by atoms with E-state index in [0.717, 1.165) is 27.9 Å². The zero-order valence-electron chi connectivity index (χ0n) is 23.8. The van der Waals surface area contributed by atoms with Gasteiger partial charge in [-0.25, -0.2) is 0 Å². The summed E-state index contributed by atoms with van der Waals surface area (Å²) in [6.45, 7) is 8.80. The van der Waals surface area contributed by atoms with Gasteiger partial charge in [-0.2, -0.15) is 0 Å². The molecule has 0 spiro atoms. The Hall–Kier alpha value is -4.43. The third kappa shape index (κ3) is 4.98. The fraction of sp³-hybridized carbons (Fsp3) is 0.184. The predicted molar refractivity (Wildman–Crippen MR) is 168 cm³/mol. The molecule has 0 aliphatic heterocycles. The molecule has 1 N–H and O–H groups in total. The van der Waals surface area contributed by atoms with E-state index >= 15 is 0 Å². The number of hydrogen-bond donors (Lipinski definition) is 1. The van der Waals surface area contributed by atoms with Gasteiger partial charge in [0.1, 0.15) is 5.75 Å². The average Bonchev–Trinajstić information content (AvgIpc) is 2.99. The predicted octanol–water partition coefficient (Wildman–Crippen LogP) is 9.77. The van der Waals surface area contributed by atoms with E-state index in [1.807, 2.05) is 42.6 Å². The summed E-state index contributed by atoms with van der Waals surface area (Å²) in [6, 6.07) is 43.8. The largest absolute Gasteiger partial charge is 0.507 e. The number of aliphatic imine (C=N–C) groups is 1. The van der Waals surface area contributed by atoms with Crippen molar-refractivity contribution in [1.82, 2.24) is 0 Å². The highest BCUT2D eigenvalue weighted by molar-refractivity contribution is 5.87. The van der Waals surface area contributed by atoms with Crippen molar-refractivity contribution < 1.29 is 5.11 Å². The minimum Gasteiger partial charge on any atom is -0.507 e. The van der Waals surface area contributed by atoms with Gasteiger partial charge in [0.05, 0.1) is 11.1 Å². The molecule has 5 rings (SSSR count). The first-order chi connectivity index (χ1) is 19.4. The first-order valence-corrected chi connectivity index (χ1v) is 14.1. The summed E-state index contributed by atoms with van der Waals surface area (Å²) >= 11 is 0. The van der Waals surface area contributed by atoms with Gasteiger partial charge in [-0.1, -0.05) is 149 Å². The zero-order chi connectivity index (χ0) is 28.1. The molecule has 0 bridgehead atoms. The lowest BCUT2D eigenvalue weighted by atomic mass is 9.64. The van der Waals surface area contributed by atoms with E-state index in [1.54, 1.807) is 0 Å². The number of benzene rings is 5. The molecular weight excluding hydrogens is 486 g/mol. The number of para-hydroxylation sites is 2. The fourth-order valence-corrected chi connectivity index (χ4v) is 5.79. The normalized spacial score (nSPS) is 11.9. The lowest BCUT2D eigenvalue weighted by Gasteiger charge is -2.37. The molecule has 5 aromatic carbocycles. The monoisotopic (exact) mass is 523 g/mol. The number of rotatable bonds is 8. The molecule has 200 valence electrons. The molecule has 0 saturated heterocycles. The minimum atomic E-state index is -0.726. The Bertz CT molecular complexity index is 1460. The van der Waals surface area contributed by atoms with Crippen LogP contribution in [0.25, 0.3) is 0 Å². The summed E-state index contributed by atoms with van der Waals surface area (Å²) in [5.41, 5.74) is 7.47. The Labute approximate surface area is 238 Å². The Morgan fingerprint density at radius 2 is 0.975 bits per heavy atom. The van der Waals surface area contributed by atoms with E-state index in [0.29, 0.717) is 17.4 Å². The summed E-state index contributed by atoms with van der Waals surface area (Å²) in [5.74, 6) is 0.913. The topological polar surface area (TPSA) is 32.6 Å². The molecule has 0 heterocycles. The average molecular weight is 524 g/mol.